The van der Waals surface area contributed by atoms with Gasteiger partial charge in [0.05, 0.1) is 26.7 Å². The highest BCUT2D eigenvalue weighted by atomic mass is 32.2. The Morgan fingerprint density at radius 2 is 1.44 bits per heavy atom. The lowest BCUT2D eigenvalue weighted by molar-refractivity contribution is -0.437. The van der Waals surface area contributed by atoms with E-state index in [1.165, 1.54) is 37.4 Å². The number of nitrogens with two attached hydrogens (primary N) is 1. The molecule has 384 valence electrons. The zero-order valence-corrected chi connectivity index (χ0v) is 43.5. The van der Waals surface area contributed by atoms with Crippen LogP contribution < -0.4 is 20.7 Å². The zero-order valence-electron chi connectivity index (χ0n) is 38.6. The van der Waals surface area contributed by atoms with E-state index in [9.17, 15) is 65.3 Å². The van der Waals surface area contributed by atoms with Crippen LogP contribution in [0.15, 0.2) is 86.6 Å². The van der Waals surface area contributed by atoms with Crippen molar-refractivity contribution in [2.24, 2.45) is 5.14 Å². The molecule has 0 bridgehead atoms. The van der Waals surface area contributed by atoms with Crippen molar-refractivity contribution < 1.29 is 69.9 Å². The van der Waals surface area contributed by atoms with Crippen LogP contribution in [0.2, 0.25) is 0 Å². The number of hydrogen-bond acceptors (Lipinski definition) is 16. The van der Waals surface area contributed by atoms with Crippen LogP contribution in [0.5, 0.6) is 0 Å². The molecule has 23 nitrogen and oxygen atoms in total. The van der Waals surface area contributed by atoms with Crippen LogP contribution >= 0.6 is 11.3 Å². The van der Waals surface area contributed by atoms with Crippen LogP contribution in [0, 0.1) is 0 Å². The molecular weight excluding hydrogens is 1040 g/mol. The molecular formula is C41H55N8O15S6+. The van der Waals surface area contributed by atoms with Gasteiger partial charge in [-0.15, -0.1) is 10.2 Å². The zero-order chi connectivity index (χ0) is 52.3. The van der Waals surface area contributed by atoms with Gasteiger partial charge in [0.2, 0.25) is 37.0 Å². The lowest BCUT2D eigenvalue weighted by atomic mass is 9.81. The predicted octanol–water partition coefficient (Wildman–Crippen LogP) is 2.70. The van der Waals surface area contributed by atoms with Crippen LogP contribution in [0.1, 0.15) is 70.9 Å². The highest BCUT2D eigenvalue weighted by Gasteiger charge is 2.45. The predicted molar refractivity (Wildman–Crippen MR) is 261 cm³/mol. The molecule has 29 heteroatoms. The summed E-state index contributed by atoms with van der Waals surface area (Å²) < 4.78 is 152. The third-order valence-electron chi connectivity index (χ3n) is 11.5. The summed E-state index contributed by atoms with van der Waals surface area (Å²) in [6.07, 6.45) is 8.61. The first kappa shape index (κ1) is 56.1. The number of nitrogens with zero attached hydrogens (tertiary/aromatic N) is 5. The number of hydrogen-bond donors (Lipinski definition) is 6. The quantitative estimate of drug-likeness (QED) is 0.0344. The summed E-state index contributed by atoms with van der Waals surface area (Å²) in [4.78, 5) is 26.2. The summed E-state index contributed by atoms with van der Waals surface area (Å²) in [6.45, 7) is 7.56. The second kappa shape index (κ2) is 21.5. The summed E-state index contributed by atoms with van der Waals surface area (Å²) in [6, 6.07) is 8.69. The maximum atomic E-state index is 13.9. The standard InChI is InChI=1S/C41H54N8O15S6/c1-40(2)30-26-28(69(60,61)47(5)21-9-14-36(50)43-20-19-37(51)44-38-45-46-39(65-38)68(42,58)59)15-17-32(30)48(22-10-24-66(52,53)54)34(40)12-7-6-8-13-35-41(3,4)31-27-29(70(62,63)64)16-18-33(31)49(35)23-11-25-67(55,56)57/h6-8,12-13,15-18,26-27H,9-11,14,19-25H2,1-5H3,(H6-,42,43,44,45,50,51,52,53,54,55,56,57,58,59,62,63,64)/p+1. The molecule has 70 heavy (non-hydrogen) atoms. The third-order valence-corrected chi connectivity index (χ3v) is 17.9. The number of anilines is 2. The van der Waals surface area contributed by atoms with Crippen molar-refractivity contribution in [1.82, 2.24) is 19.8 Å². The van der Waals surface area contributed by atoms with E-state index in [1.807, 2.05) is 32.3 Å². The van der Waals surface area contributed by atoms with E-state index in [4.69, 9.17) is 5.14 Å². The van der Waals surface area contributed by atoms with E-state index in [-0.39, 0.29) is 73.2 Å². The number of carbonyl (C=O) groups is 2. The molecule has 0 spiro atoms. The molecule has 0 unspecified atom stereocenters. The fourth-order valence-electron chi connectivity index (χ4n) is 8.00. The van der Waals surface area contributed by atoms with Crippen LogP contribution in [0.3, 0.4) is 0 Å². The van der Waals surface area contributed by atoms with Gasteiger partial charge in [0.25, 0.3) is 40.4 Å². The minimum atomic E-state index is -4.55. The number of sulfonamides is 2. The molecule has 0 saturated heterocycles. The average Bonchev–Trinajstić information content (AvgIpc) is 3.85. The van der Waals surface area contributed by atoms with Crippen LogP contribution in [-0.2, 0) is 70.8 Å². The Labute approximate surface area is 411 Å². The van der Waals surface area contributed by atoms with Crippen molar-refractivity contribution >= 4 is 95.8 Å². The van der Waals surface area contributed by atoms with Gasteiger partial charge < -0.3 is 15.5 Å². The van der Waals surface area contributed by atoms with E-state index in [2.05, 4.69) is 20.8 Å². The lowest BCUT2D eigenvalue weighted by Gasteiger charge is -2.27. The van der Waals surface area contributed by atoms with Gasteiger partial charge in [-0.05, 0) is 68.7 Å². The smallest absolute Gasteiger partial charge is 0.294 e. The first-order valence-electron chi connectivity index (χ1n) is 21.3. The van der Waals surface area contributed by atoms with Crippen molar-refractivity contribution in [3.05, 3.63) is 83.6 Å². The molecule has 0 aliphatic carbocycles. The first-order valence-corrected chi connectivity index (χ1v) is 29.7. The third kappa shape index (κ3) is 14.0. The molecule has 0 atom stereocenters. The Kier molecular flexibility index (Phi) is 17.2. The number of amides is 2. The largest absolute Gasteiger partial charge is 0.356 e. The number of nitrogens with one attached hydrogen (secondary N) is 2. The minimum Gasteiger partial charge on any atom is -0.356 e. The number of aromatic nitrogens is 2. The minimum absolute atomic E-state index is 0.0220. The van der Waals surface area contributed by atoms with Gasteiger partial charge in [-0.2, -0.15) is 29.8 Å². The Balaban J connectivity index is 1.30. The van der Waals surface area contributed by atoms with Crippen LogP contribution in [-0.4, -0.2) is 137 Å². The van der Waals surface area contributed by atoms with E-state index in [1.54, 1.807) is 41.3 Å². The van der Waals surface area contributed by atoms with Gasteiger partial charge in [-0.25, -0.2) is 26.3 Å². The molecule has 7 N–H and O–H groups in total. The van der Waals surface area contributed by atoms with Gasteiger partial charge in [0.15, 0.2) is 5.71 Å². The molecule has 2 aliphatic heterocycles. The molecule has 1 aromatic heterocycles. The van der Waals surface area contributed by atoms with Crippen LogP contribution in [0.25, 0.3) is 0 Å². The topological polar surface area (TPSA) is 351 Å². The molecule has 0 saturated carbocycles. The molecule has 3 heterocycles. The normalized spacial score (nSPS) is 16.7. The fourth-order valence-corrected chi connectivity index (χ4v) is 12.1. The molecule has 0 fully saturated rings. The maximum absolute atomic E-state index is 13.9. The maximum Gasteiger partial charge on any atom is 0.294 e. The van der Waals surface area contributed by atoms with Crippen LogP contribution in [0.4, 0.5) is 16.5 Å². The number of rotatable bonds is 23. The molecule has 2 amide bonds. The summed E-state index contributed by atoms with van der Waals surface area (Å²) in [5, 5.41) is 16.7. The molecule has 2 aliphatic rings. The van der Waals surface area contributed by atoms with Crippen molar-refractivity contribution in [2.45, 2.75) is 84.8 Å². The number of primary sulfonamides is 1. The number of benzene rings is 2. The molecule has 2 aromatic carbocycles. The van der Waals surface area contributed by atoms with Crippen molar-refractivity contribution in [1.29, 1.82) is 0 Å². The Hall–Kier alpha value is -4.82. The monoisotopic (exact) mass is 1090 g/mol. The summed E-state index contributed by atoms with van der Waals surface area (Å²) >= 11 is 0.564. The number of carbonyl (C=O) groups excluding carboxylic acids is 2. The lowest BCUT2D eigenvalue weighted by Crippen LogP contribution is -2.31. The van der Waals surface area contributed by atoms with Gasteiger partial charge in [0.1, 0.15) is 6.54 Å². The highest BCUT2D eigenvalue weighted by Crippen LogP contribution is 2.48. The second-order valence-corrected chi connectivity index (χ2v) is 26.7. The summed E-state index contributed by atoms with van der Waals surface area (Å²) in [7, 11) is -20.0. The van der Waals surface area contributed by atoms with E-state index >= 15 is 0 Å². The SMILES string of the molecule is CN(CCCC(=O)NCCC(=O)Nc1nnc(S(N)(=O)=O)s1)S(=O)(=O)c1ccc2c(c1)C(C)(C)C(/C=C/C=C/C=C1/N(CCCS(=O)(=O)O)c3ccc(S(=O)(=O)O)cc3C1(C)C)=[N+]2CCCS(=O)(=O)O. The van der Waals surface area contributed by atoms with E-state index in [0.717, 1.165) is 4.31 Å². The molecule has 3 aromatic rings. The van der Waals surface area contributed by atoms with E-state index in [0.29, 0.717) is 45.2 Å². The van der Waals surface area contributed by atoms with Crippen molar-refractivity contribution in [3.8, 4) is 0 Å². The van der Waals surface area contributed by atoms with Crippen molar-refractivity contribution in [2.75, 3.05) is 54.9 Å². The second-order valence-electron chi connectivity index (χ2n) is 17.3. The average molecular weight is 1090 g/mol. The van der Waals surface area contributed by atoms with Crippen molar-refractivity contribution in [3.63, 3.8) is 0 Å². The Morgan fingerprint density at radius 1 is 0.800 bits per heavy atom. The number of fused-ring (bicyclic) bond motifs is 2. The van der Waals surface area contributed by atoms with Gasteiger partial charge >= 0.3 is 0 Å². The Morgan fingerprint density at radius 3 is 2.07 bits per heavy atom. The van der Waals surface area contributed by atoms with E-state index < -0.39 is 88.9 Å². The highest BCUT2D eigenvalue weighted by molar-refractivity contribution is 7.91. The fraction of sp³-hybridized carbons (Fsp3) is 0.439. The number of allylic oxidation sites excluding steroid dienone is 6. The van der Waals surface area contributed by atoms with Gasteiger partial charge in [0, 0.05) is 80.4 Å². The summed E-state index contributed by atoms with van der Waals surface area (Å²) in [5.74, 6) is -2.06. The molecule has 5 rings (SSSR count). The molecule has 0 radical (unpaired) electrons. The first-order chi connectivity index (χ1) is 32.2. The van der Waals surface area contributed by atoms with Gasteiger partial charge in [-0.1, -0.05) is 43.4 Å². The van der Waals surface area contributed by atoms with Gasteiger partial charge in [-0.3, -0.25) is 23.2 Å². The summed E-state index contributed by atoms with van der Waals surface area (Å²) in [5.41, 5.74) is 1.96. The Bertz CT molecular complexity index is 3240.